The molecule has 11 aromatic rings. The fourth-order valence-corrected chi connectivity index (χ4v) is 11.1. The average molecular weight is 1040 g/mol. The molecule has 79 heavy (non-hydrogen) atoms. The van der Waals surface area contributed by atoms with Gasteiger partial charge in [0.15, 0.2) is 0 Å². The number of phenols is 1. The Balaban J connectivity index is 1.05. The summed E-state index contributed by atoms with van der Waals surface area (Å²) in [6.45, 7) is 34.3. The molecule has 5 heteroatoms. The van der Waals surface area contributed by atoms with Crippen LogP contribution in [0.4, 0.5) is 0 Å². The van der Waals surface area contributed by atoms with Crippen LogP contribution in [-0.2, 0) is 27.1 Å². The molecule has 0 bridgehead atoms. The van der Waals surface area contributed by atoms with Gasteiger partial charge in [-0.05, 0) is 162 Å². The van der Waals surface area contributed by atoms with Crippen molar-refractivity contribution in [2.75, 3.05) is 0 Å². The van der Waals surface area contributed by atoms with Gasteiger partial charge in [-0.25, -0.2) is 4.98 Å². The molecule has 0 radical (unpaired) electrons. The number of phenolic OH excluding ortho intramolecular Hbond substituents is 1. The zero-order valence-corrected chi connectivity index (χ0v) is 49.1. The Morgan fingerprint density at radius 2 is 0.861 bits per heavy atom. The number of benzene rings is 8. The molecule has 3 heterocycles. The third kappa shape index (κ3) is 10.1. The SMILES string of the molecule is CC(C)(C)c1cc(-c2cc(-c3ccc4c5ccccc5n(-c5cccc(-c6cc(C(C)(C)C)cc(C(C)(C)C)c6)c5)c4c3)ccn2)cc(-c2cccc3c2nc(-c2ccccc2O)n3-c2cc(C(C)(C)C)cc(C(C)(C)C)c2)c1. The number of pyridine rings is 1. The fraction of sp³-hybridized carbons (Fsp3) is 0.270. The molecule has 0 unspecified atom stereocenters. The van der Waals surface area contributed by atoms with E-state index in [-0.39, 0.29) is 32.8 Å². The number of aromatic hydroxyl groups is 1. The lowest BCUT2D eigenvalue weighted by Crippen LogP contribution is -2.17. The Morgan fingerprint density at radius 1 is 0.342 bits per heavy atom. The van der Waals surface area contributed by atoms with Crippen LogP contribution in [0.25, 0.3) is 100 Å². The number of hydrogen-bond acceptors (Lipinski definition) is 3. The summed E-state index contributed by atoms with van der Waals surface area (Å²) in [5.74, 6) is 0.881. The van der Waals surface area contributed by atoms with Crippen molar-refractivity contribution < 1.29 is 5.11 Å². The smallest absolute Gasteiger partial charge is 0.149 e. The third-order valence-corrected chi connectivity index (χ3v) is 16.0. The van der Waals surface area contributed by atoms with Crippen molar-refractivity contribution in [3.05, 3.63) is 210 Å². The molecule has 0 aliphatic carbocycles. The second-order valence-electron chi connectivity index (χ2n) is 27.1. The Labute approximate surface area is 468 Å². The maximum atomic E-state index is 11.5. The molecule has 0 spiro atoms. The van der Waals surface area contributed by atoms with Crippen LogP contribution in [0.2, 0.25) is 0 Å². The van der Waals surface area contributed by atoms with Gasteiger partial charge in [0.2, 0.25) is 0 Å². The summed E-state index contributed by atoms with van der Waals surface area (Å²) in [7, 11) is 0. The van der Waals surface area contributed by atoms with Crippen LogP contribution in [0, 0.1) is 0 Å². The molecule has 0 amide bonds. The summed E-state index contributed by atoms with van der Waals surface area (Å²) in [5.41, 5.74) is 21.7. The van der Waals surface area contributed by atoms with Crippen LogP contribution in [0.5, 0.6) is 5.75 Å². The number of hydrogen-bond donors (Lipinski definition) is 1. The van der Waals surface area contributed by atoms with Crippen LogP contribution in [0.1, 0.15) is 132 Å². The average Bonchev–Trinajstić information content (AvgIpc) is 4.11. The van der Waals surface area contributed by atoms with Crippen molar-refractivity contribution in [1.82, 2.24) is 19.1 Å². The van der Waals surface area contributed by atoms with Crippen LogP contribution in [0.3, 0.4) is 0 Å². The first-order valence-corrected chi connectivity index (χ1v) is 28.1. The van der Waals surface area contributed by atoms with E-state index in [4.69, 9.17) is 9.97 Å². The molecular weight excluding hydrogens is 961 g/mol. The molecular formula is C74H76N4O. The van der Waals surface area contributed by atoms with Gasteiger partial charge in [-0.3, -0.25) is 9.55 Å². The highest BCUT2D eigenvalue weighted by atomic mass is 16.3. The standard InChI is InChI=1S/C74H76N4O/c1-70(2,3)52-37-50(59-26-21-28-65-68(59)76-69(62-25-17-19-29-67(62)79)78(65)58-44-55(73(10,11)12)43-56(45-58)74(13,14)15)34-51(38-52)63-40-48(32-33-75-63)47-30-31-61-60-24-16-18-27-64(60)77(66(61)41-47)57-23-20-22-46(39-57)49-35-53(71(4,5)6)42-54(36-49)72(7,8)9/h16-45,79H,1-15H3. The van der Waals surface area contributed by atoms with Gasteiger partial charge in [0.1, 0.15) is 11.6 Å². The van der Waals surface area contributed by atoms with E-state index in [1.807, 2.05) is 24.4 Å². The minimum Gasteiger partial charge on any atom is -0.507 e. The van der Waals surface area contributed by atoms with Crippen molar-refractivity contribution in [3.8, 4) is 73.2 Å². The highest BCUT2D eigenvalue weighted by molar-refractivity contribution is 6.10. The maximum absolute atomic E-state index is 11.5. The molecule has 0 atom stereocenters. The molecule has 0 saturated heterocycles. The van der Waals surface area contributed by atoms with E-state index < -0.39 is 0 Å². The summed E-state index contributed by atoms with van der Waals surface area (Å²) in [6, 6.07) is 64.2. The van der Waals surface area contributed by atoms with Gasteiger partial charge in [0.25, 0.3) is 0 Å². The van der Waals surface area contributed by atoms with Gasteiger partial charge in [0, 0.05) is 39.5 Å². The lowest BCUT2D eigenvalue weighted by molar-refractivity contribution is 0.477. The number of aromatic nitrogens is 4. The fourth-order valence-electron chi connectivity index (χ4n) is 11.1. The Bertz CT molecular complexity index is 4100. The monoisotopic (exact) mass is 1040 g/mol. The number of para-hydroxylation sites is 3. The van der Waals surface area contributed by atoms with Gasteiger partial charge in [-0.1, -0.05) is 201 Å². The van der Waals surface area contributed by atoms with E-state index in [2.05, 4.69) is 265 Å². The van der Waals surface area contributed by atoms with Crippen molar-refractivity contribution in [2.45, 2.75) is 131 Å². The van der Waals surface area contributed by atoms with Gasteiger partial charge < -0.3 is 9.67 Å². The first-order chi connectivity index (χ1) is 37.2. The van der Waals surface area contributed by atoms with Gasteiger partial charge in [0.05, 0.1) is 33.3 Å². The molecule has 8 aromatic carbocycles. The van der Waals surface area contributed by atoms with Crippen molar-refractivity contribution in [3.63, 3.8) is 0 Å². The van der Waals surface area contributed by atoms with E-state index in [1.54, 1.807) is 6.07 Å². The highest BCUT2D eigenvalue weighted by Gasteiger charge is 2.27. The van der Waals surface area contributed by atoms with Gasteiger partial charge in [-0.2, -0.15) is 0 Å². The predicted molar refractivity (Wildman–Crippen MR) is 336 cm³/mol. The zero-order chi connectivity index (χ0) is 56.1. The Morgan fingerprint density at radius 3 is 1.52 bits per heavy atom. The van der Waals surface area contributed by atoms with E-state index in [0.717, 1.165) is 61.4 Å². The molecule has 0 saturated carbocycles. The minimum atomic E-state index is -0.173. The summed E-state index contributed by atoms with van der Waals surface area (Å²) < 4.78 is 4.69. The first kappa shape index (κ1) is 53.0. The largest absolute Gasteiger partial charge is 0.507 e. The van der Waals surface area contributed by atoms with Gasteiger partial charge in [-0.15, -0.1) is 0 Å². The Hall–Kier alpha value is -8.02. The molecule has 0 aliphatic rings. The predicted octanol–water partition coefficient (Wildman–Crippen LogP) is 20.0. The quantitative estimate of drug-likeness (QED) is 0.173. The molecule has 3 aromatic heterocycles. The van der Waals surface area contributed by atoms with E-state index >= 15 is 0 Å². The van der Waals surface area contributed by atoms with Crippen LogP contribution in [0.15, 0.2) is 182 Å². The van der Waals surface area contributed by atoms with Crippen LogP contribution in [-0.4, -0.2) is 24.2 Å². The lowest BCUT2D eigenvalue weighted by Gasteiger charge is -2.27. The summed E-state index contributed by atoms with van der Waals surface area (Å²) in [6.07, 6.45) is 1.95. The lowest BCUT2D eigenvalue weighted by atomic mass is 9.79. The molecule has 5 nitrogen and oxygen atoms in total. The second kappa shape index (κ2) is 19.1. The number of nitrogens with zero attached hydrogens (tertiary/aromatic N) is 4. The summed E-state index contributed by atoms with van der Waals surface area (Å²) in [5, 5.41) is 13.9. The molecule has 398 valence electrons. The number of imidazole rings is 1. The van der Waals surface area contributed by atoms with Crippen molar-refractivity contribution in [2.24, 2.45) is 0 Å². The minimum absolute atomic E-state index is 0.0115. The number of rotatable bonds is 7. The third-order valence-electron chi connectivity index (χ3n) is 16.0. The van der Waals surface area contributed by atoms with Crippen molar-refractivity contribution in [1.29, 1.82) is 0 Å². The Kier molecular flexibility index (Phi) is 12.8. The van der Waals surface area contributed by atoms with Crippen LogP contribution < -0.4 is 0 Å². The van der Waals surface area contributed by atoms with E-state index in [9.17, 15) is 5.11 Å². The zero-order valence-electron chi connectivity index (χ0n) is 49.1. The van der Waals surface area contributed by atoms with Crippen LogP contribution >= 0.6 is 0 Å². The first-order valence-electron chi connectivity index (χ1n) is 28.1. The topological polar surface area (TPSA) is 55.9 Å². The summed E-state index contributed by atoms with van der Waals surface area (Å²) in [4.78, 5) is 10.6. The summed E-state index contributed by atoms with van der Waals surface area (Å²) >= 11 is 0. The number of fused-ring (bicyclic) bond motifs is 4. The molecule has 0 fully saturated rings. The highest BCUT2D eigenvalue weighted by Crippen LogP contribution is 2.43. The van der Waals surface area contributed by atoms with Crippen molar-refractivity contribution >= 4 is 32.8 Å². The maximum Gasteiger partial charge on any atom is 0.149 e. The second-order valence-corrected chi connectivity index (χ2v) is 27.1. The van der Waals surface area contributed by atoms with Gasteiger partial charge >= 0.3 is 0 Å². The normalized spacial score (nSPS) is 12.8. The molecule has 0 aliphatic heterocycles. The molecule has 11 rings (SSSR count). The van der Waals surface area contributed by atoms with E-state index in [1.165, 1.54) is 55.2 Å². The van der Waals surface area contributed by atoms with E-state index in [0.29, 0.717) is 11.4 Å². The molecule has 1 N–H and O–H groups in total.